The smallest absolute Gasteiger partial charge is 0.148 e. The van der Waals surface area contributed by atoms with Crippen molar-refractivity contribution in [1.82, 2.24) is 4.90 Å². The van der Waals surface area contributed by atoms with Crippen LogP contribution in [0.25, 0.3) is 0 Å². The number of thioether (sulfide) groups is 1. The molecule has 0 aromatic rings. The topological polar surface area (TPSA) is 37.4 Å². The Labute approximate surface area is 117 Å². The fourth-order valence-electron chi connectivity index (χ4n) is 2.38. The Balaban J connectivity index is 2.17. The molecule has 1 fully saturated rings. The van der Waals surface area contributed by atoms with Gasteiger partial charge in [0.1, 0.15) is 9.84 Å². The minimum atomic E-state index is -2.86. The van der Waals surface area contributed by atoms with E-state index in [1.807, 2.05) is 14.0 Å². The van der Waals surface area contributed by atoms with Gasteiger partial charge in [0.15, 0.2) is 0 Å². The van der Waals surface area contributed by atoms with E-state index in [0.29, 0.717) is 0 Å². The van der Waals surface area contributed by atoms with Gasteiger partial charge < -0.3 is 4.90 Å². The first-order valence-corrected chi connectivity index (χ1v) is 9.99. The van der Waals surface area contributed by atoms with Crippen molar-refractivity contribution in [2.24, 2.45) is 0 Å². The molecule has 1 aliphatic rings. The summed E-state index contributed by atoms with van der Waals surface area (Å²) in [5.74, 6) is 1.38. The van der Waals surface area contributed by atoms with Crippen molar-refractivity contribution >= 4 is 21.6 Å². The van der Waals surface area contributed by atoms with Crippen LogP contribution in [0.3, 0.4) is 0 Å². The van der Waals surface area contributed by atoms with Crippen molar-refractivity contribution in [3.8, 4) is 0 Å². The number of sulfone groups is 1. The second kappa shape index (κ2) is 7.75. The molecule has 5 heteroatoms. The van der Waals surface area contributed by atoms with Gasteiger partial charge in [0, 0.05) is 29.8 Å². The van der Waals surface area contributed by atoms with Crippen LogP contribution in [0, 0.1) is 0 Å². The zero-order valence-electron chi connectivity index (χ0n) is 11.9. The van der Waals surface area contributed by atoms with E-state index in [0.717, 1.165) is 17.5 Å². The molecule has 0 amide bonds. The Bertz CT molecular complexity index is 324. The lowest BCUT2D eigenvalue weighted by Crippen LogP contribution is -2.36. The molecule has 0 saturated heterocycles. The Kier molecular flexibility index (Phi) is 7.03. The van der Waals surface area contributed by atoms with Crippen LogP contribution in [-0.4, -0.2) is 56.0 Å². The average Bonchev–Trinajstić information content (AvgIpc) is 2.28. The normalized spacial score (nSPS) is 20.2. The highest BCUT2D eigenvalue weighted by Gasteiger charge is 2.17. The molecule has 0 aliphatic heterocycles. The molecule has 0 heterocycles. The highest BCUT2D eigenvalue weighted by Crippen LogP contribution is 2.28. The first kappa shape index (κ1) is 16.3. The molecule has 0 spiro atoms. The van der Waals surface area contributed by atoms with Crippen LogP contribution in [-0.2, 0) is 9.84 Å². The van der Waals surface area contributed by atoms with Gasteiger partial charge in [-0.15, -0.1) is 0 Å². The number of hydrogen-bond donors (Lipinski definition) is 0. The molecule has 1 atom stereocenters. The SMILES string of the molecule is C[C@H](CS(C)(=O)=O)N(C)CCSC1CCCCC1. The molecule has 0 radical (unpaired) electrons. The van der Waals surface area contributed by atoms with Crippen LogP contribution in [0.15, 0.2) is 0 Å². The first-order valence-electron chi connectivity index (χ1n) is 6.88. The molecule has 0 bridgehead atoms. The van der Waals surface area contributed by atoms with Crippen LogP contribution in [0.4, 0.5) is 0 Å². The quantitative estimate of drug-likeness (QED) is 0.722. The van der Waals surface area contributed by atoms with Crippen molar-refractivity contribution in [2.45, 2.75) is 50.3 Å². The molecule has 0 unspecified atom stereocenters. The van der Waals surface area contributed by atoms with Gasteiger partial charge in [-0.2, -0.15) is 11.8 Å². The third-order valence-corrected chi connectivity index (χ3v) is 6.10. The average molecular weight is 293 g/mol. The third kappa shape index (κ3) is 7.00. The Morgan fingerprint density at radius 3 is 2.44 bits per heavy atom. The van der Waals surface area contributed by atoms with Crippen LogP contribution in [0.2, 0.25) is 0 Å². The van der Waals surface area contributed by atoms with Gasteiger partial charge in [0.25, 0.3) is 0 Å². The van der Waals surface area contributed by atoms with E-state index in [1.54, 1.807) is 0 Å². The summed E-state index contributed by atoms with van der Waals surface area (Å²) in [4.78, 5) is 2.16. The lowest BCUT2D eigenvalue weighted by molar-refractivity contribution is 0.292. The van der Waals surface area contributed by atoms with Gasteiger partial charge in [0.05, 0.1) is 5.75 Å². The number of nitrogens with zero attached hydrogens (tertiary/aromatic N) is 1. The second-order valence-corrected chi connectivity index (χ2v) is 9.15. The van der Waals surface area contributed by atoms with Crippen LogP contribution >= 0.6 is 11.8 Å². The summed E-state index contributed by atoms with van der Waals surface area (Å²) in [6, 6.07) is 0.118. The molecule has 1 rings (SSSR count). The van der Waals surface area contributed by atoms with Gasteiger partial charge in [-0.1, -0.05) is 19.3 Å². The molecule has 0 N–H and O–H groups in total. The Hall–Kier alpha value is 0.260. The number of hydrogen-bond acceptors (Lipinski definition) is 4. The summed E-state index contributed by atoms with van der Waals surface area (Å²) in [6.45, 7) is 2.98. The van der Waals surface area contributed by atoms with Gasteiger partial charge >= 0.3 is 0 Å². The summed E-state index contributed by atoms with van der Waals surface area (Å²) in [5, 5.41) is 0.845. The predicted octanol–water partition coefficient (Wildman–Crippen LogP) is 2.42. The fraction of sp³-hybridized carbons (Fsp3) is 1.00. The second-order valence-electron chi connectivity index (χ2n) is 5.55. The summed E-state index contributed by atoms with van der Waals surface area (Å²) in [6.07, 6.45) is 8.23. The van der Waals surface area contributed by atoms with E-state index in [2.05, 4.69) is 16.7 Å². The minimum Gasteiger partial charge on any atom is -0.302 e. The Morgan fingerprint density at radius 1 is 1.28 bits per heavy atom. The molecular weight excluding hydrogens is 266 g/mol. The summed E-state index contributed by atoms with van der Waals surface area (Å²) in [5.41, 5.74) is 0. The van der Waals surface area contributed by atoms with Gasteiger partial charge in [0.2, 0.25) is 0 Å². The van der Waals surface area contributed by atoms with Crippen LogP contribution in [0.1, 0.15) is 39.0 Å². The molecule has 1 saturated carbocycles. The van der Waals surface area contributed by atoms with E-state index in [4.69, 9.17) is 0 Å². The maximum absolute atomic E-state index is 11.2. The van der Waals surface area contributed by atoms with Crippen molar-refractivity contribution in [3.05, 3.63) is 0 Å². The standard InChI is InChI=1S/C13H27NO2S2/c1-12(11-18(3,15)16)14(2)9-10-17-13-7-5-4-6-8-13/h12-13H,4-11H2,1-3H3/t12-/m1/s1. The zero-order chi connectivity index (χ0) is 13.6. The highest BCUT2D eigenvalue weighted by molar-refractivity contribution is 7.99. The van der Waals surface area contributed by atoms with Crippen molar-refractivity contribution < 1.29 is 8.42 Å². The Morgan fingerprint density at radius 2 is 1.89 bits per heavy atom. The van der Waals surface area contributed by atoms with E-state index < -0.39 is 9.84 Å². The van der Waals surface area contributed by atoms with E-state index >= 15 is 0 Å². The fourth-order valence-corrected chi connectivity index (χ4v) is 4.91. The summed E-state index contributed by atoms with van der Waals surface area (Å²) in [7, 11) is -0.837. The van der Waals surface area contributed by atoms with Crippen LogP contribution in [0.5, 0.6) is 0 Å². The molecular formula is C13H27NO2S2. The maximum Gasteiger partial charge on any atom is 0.148 e. The predicted molar refractivity (Wildman–Crippen MR) is 81.1 cm³/mol. The molecule has 108 valence electrons. The zero-order valence-corrected chi connectivity index (χ0v) is 13.5. The van der Waals surface area contributed by atoms with Gasteiger partial charge in [-0.05, 0) is 26.8 Å². The lowest BCUT2D eigenvalue weighted by atomic mass is 10.0. The van der Waals surface area contributed by atoms with Gasteiger partial charge in [-0.25, -0.2) is 8.42 Å². The third-order valence-electron chi connectivity index (χ3n) is 3.65. The lowest BCUT2D eigenvalue weighted by Gasteiger charge is -2.26. The van der Waals surface area contributed by atoms with E-state index in [1.165, 1.54) is 38.4 Å². The van der Waals surface area contributed by atoms with Crippen molar-refractivity contribution in [1.29, 1.82) is 0 Å². The van der Waals surface area contributed by atoms with Gasteiger partial charge in [-0.3, -0.25) is 0 Å². The van der Waals surface area contributed by atoms with Crippen LogP contribution < -0.4 is 0 Å². The number of rotatable bonds is 7. The molecule has 18 heavy (non-hydrogen) atoms. The van der Waals surface area contributed by atoms with E-state index in [-0.39, 0.29) is 11.8 Å². The molecule has 1 aliphatic carbocycles. The summed E-state index contributed by atoms with van der Waals surface area (Å²) >= 11 is 2.07. The van der Waals surface area contributed by atoms with Crippen molar-refractivity contribution in [3.63, 3.8) is 0 Å². The molecule has 3 nitrogen and oxygen atoms in total. The molecule has 0 aromatic heterocycles. The van der Waals surface area contributed by atoms with Crippen molar-refractivity contribution in [2.75, 3.05) is 31.4 Å². The summed E-state index contributed by atoms with van der Waals surface area (Å²) < 4.78 is 22.5. The monoisotopic (exact) mass is 293 g/mol. The maximum atomic E-state index is 11.2. The minimum absolute atomic E-state index is 0.118. The highest BCUT2D eigenvalue weighted by atomic mass is 32.2. The van der Waals surface area contributed by atoms with E-state index in [9.17, 15) is 8.42 Å². The first-order chi connectivity index (χ1) is 8.38. The molecule has 0 aromatic carbocycles. The largest absolute Gasteiger partial charge is 0.302 e.